The van der Waals surface area contributed by atoms with Gasteiger partial charge in [0.25, 0.3) is 0 Å². The molecule has 104 valence electrons. The first kappa shape index (κ1) is 14.6. The van der Waals surface area contributed by atoms with Gasteiger partial charge in [0.2, 0.25) is 0 Å². The van der Waals surface area contributed by atoms with E-state index < -0.39 is 7.12 Å². The summed E-state index contributed by atoms with van der Waals surface area (Å²) in [4.78, 5) is 0. The summed E-state index contributed by atoms with van der Waals surface area (Å²) in [6.45, 7) is 0.791. The van der Waals surface area contributed by atoms with Crippen LogP contribution in [-0.4, -0.2) is 24.3 Å². The van der Waals surface area contributed by atoms with Crippen molar-refractivity contribution < 1.29 is 19.5 Å². The summed E-state index contributed by atoms with van der Waals surface area (Å²) in [5.41, 5.74) is 2.28. The van der Waals surface area contributed by atoms with Gasteiger partial charge in [-0.1, -0.05) is 36.4 Å². The first-order valence-electron chi connectivity index (χ1n) is 6.35. The maximum Gasteiger partial charge on any atom is 0.488 e. The van der Waals surface area contributed by atoms with E-state index in [1.165, 1.54) is 0 Å². The summed E-state index contributed by atoms with van der Waals surface area (Å²) in [6.07, 6.45) is 0. The van der Waals surface area contributed by atoms with Gasteiger partial charge in [-0.2, -0.15) is 0 Å². The minimum atomic E-state index is -1.48. The summed E-state index contributed by atoms with van der Waals surface area (Å²) in [7, 11) is 0.151. The summed E-state index contributed by atoms with van der Waals surface area (Å²) in [6, 6.07) is 14.7. The molecule has 2 N–H and O–H groups in total. The van der Waals surface area contributed by atoms with E-state index in [4.69, 9.17) is 9.47 Å². The minimum absolute atomic E-state index is 0.333. The van der Waals surface area contributed by atoms with Crippen molar-refractivity contribution >= 4 is 12.6 Å². The van der Waals surface area contributed by atoms with Crippen molar-refractivity contribution in [1.82, 2.24) is 0 Å². The molecule has 2 aromatic rings. The van der Waals surface area contributed by atoms with E-state index in [-0.39, 0.29) is 0 Å². The number of hydrogen-bond donors (Lipinski definition) is 2. The number of ether oxygens (including phenoxy) is 2. The summed E-state index contributed by atoms with van der Waals surface area (Å²) < 4.78 is 10.7. The van der Waals surface area contributed by atoms with Crippen LogP contribution in [0.5, 0.6) is 5.75 Å². The molecule has 0 saturated heterocycles. The zero-order valence-corrected chi connectivity index (χ0v) is 11.3. The summed E-state index contributed by atoms with van der Waals surface area (Å²) in [5, 5.41) is 18.5. The molecule has 0 aliphatic heterocycles. The number of rotatable bonds is 6. The lowest BCUT2D eigenvalue weighted by Crippen LogP contribution is -2.33. The van der Waals surface area contributed by atoms with Gasteiger partial charge in [0.1, 0.15) is 5.75 Å². The van der Waals surface area contributed by atoms with E-state index in [9.17, 15) is 10.0 Å². The van der Waals surface area contributed by atoms with Crippen molar-refractivity contribution in [3.63, 3.8) is 0 Å². The van der Waals surface area contributed by atoms with Crippen LogP contribution in [0.25, 0.3) is 0 Å². The third kappa shape index (κ3) is 3.84. The third-order valence-corrected chi connectivity index (χ3v) is 3.02. The van der Waals surface area contributed by atoms with E-state index in [0.717, 1.165) is 16.9 Å². The summed E-state index contributed by atoms with van der Waals surface area (Å²) in [5.74, 6) is 0.808. The second-order valence-electron chi connectivity index (χ2n) is 4.41. The van der Waals surface area contributed by atoms with Crippen LogP contribution in [0.4, 0.5) is 0 Å². The average Bonchev–Trinajstić information content (AvgIpc) is 2.48. The molecule has 20 heavy (non-hydrogen) atoms. The summed E-state index contributed by atoms with van der Waals surface area (Å²) >= 11 is 0. The molecule has 0 atom stereocenters. The molecule has 0 heterocycles. The number of hydrogen-bond acceptors (Lipinski definition) is 4. The second kappa shape index (κ2) is 7.10. The van der Waals surface area contributed by atoms with Gasteiger partial charge in [-0.3, -0.25) is 0 Å². The van der Waals surface area contributed by atoms with Crippen molar-refractivity contribution in [3.8, 4) is 5.75 Å². The van der Waals surface area contributed by atoms with Gasteiger partial charge < -0.3 is 19.5 Å². The monoisotopic (exact) mass is 272 g/mol. The molecular weight excluding hydrogens is 255 g/mol. The van der Waals surface area contributed by atoms with Gasteiger partial charge in [-0.15, -0.1) is 0 Å². The normalized spacial score (nSPS) is 10.3. The van der Waals surface area contributed by atoms with Crippen molar-refractivity contribution in [2.24, 2.45) is 0 Å². The molecule has 4 nitrogen and oxygen atoms in total. The van der Waals surface area contributed by atoms with E-state index in [0.29, 0.717) is 18.7 Å². The van der Waals surface area contributed by atoms with Crippen molar-refractivity contribution in [2.45, 2.75) is 13.2 Å². The van der Waals surface area contributed by atoms with Crippen LogP contribution >= 0.6 is 0 Å². The highest BCUT2D eigenvalue weighted by Crippen LogP contribution is 2.12. The molecule has 0 spiro atoms. The highest BCUT2D eigenvalue weighted by molar-refractivity contribution is 6.59. The lowest BCUT2D eigenvalue weighted by atomic mass is 9.77. The zero-order valence-electron chi connectivity index (χ0n) is 11.3. The minimum Gasteiger partial charge on any atom is -0.497 e. The SMILES string of the molecule is COc1ccc(COCc2ccccc2B(O)O)cc1. The molecule has 0 aliphatic carbocycles. The Kier molecular flexibility index (Phi) is 5.18. The fraction of sp³-hybridized carbons (Fsp3) is 0.200. The van der Waals surface area contributed by atoms with Crippen LogP contribution in [0, 0.1) is 0 Å². The van der Waals surface area contributed by atoms with Crippen LogP contribution in [0.2, 0.25) is 0 Å². The topological polar surface area (TPSA) is 58.9 Å². The fourth-order valence-corrected chi connectivity index (χ4v) is 1.92. The molecule has 0 aromatic heterocycles. The third-order valence-electron chi connectivity index (χ3n) is 3.02. The van der Waals surface area contributed by atoms with Crippen LogP contribution in [0.1, 0.15) is 11.1 Å². The molecule has 0 saturated carbocycles. The molecule has 0 fully saturated rings. The van der Waals surface area contributed by atoms with Crippen LogP contribution in [-0.2, 0) is 18.0 Å². The Bertz CT molecular complexity index is 540. The van der Waals surface area contributed by atoms with Gasteiger partial charge in [-0.25, -0.2) is 0 Å². The molecule has 2 rings (SSSR count). The lowest BCUT2D eigenvalue weighted by Gasteiger charge is -2.09. The molecule has 0 radical (unpaired) electrons. The Labute approximate surface area is 118 Å². The van der Waals surface area contributed by atoms with Gasteiger partial charge in [0.15, 0.2) is 0 Å². The zero-order chi connectivity index (χ0) is 14.4. The van der Waals surface area contributed by atoms with Gasteiger partial charge in [0, 0.05) is 0 Å². The fourth-order valence-electron chi connectivity index (χ4n) is 1.92. The maximum atomic E-state index is 9.26. The van der Waals surface area contributed by atoms with E-state index in [1.54, 1.807) is 19.2 Å². The van der Waals surface area contributed by atoms with Gasteiger partial charge in [0.05, 0.1) is 20.3 Å². The smallest absolute Gasteiger partial charge is 0.488 e. The van der Waals surface area contributed by atoms with Crippen molar-refractivity contribution in [3.05, 3.63) is 59.7 Å². The molecule has 0 unspecified atom stereocenters. The second-order valence-corrected chi connectivity index (χ2v) is 4.41. The van der Waals surface area contributed by atoms with Crippen LogP contribution in [0.3, 0.4) is 0 Å². The van der Waals surface area contributed by atoms with Crippen LogP contribution < -0.4 is 10.2 Å². The largest absolute Gasteiger partial charge is 0.497 e. The Balaban J connectivity index is 1.92. The molecule has 0 amide bonds. The Hall–Kier alpha value is -1.82. The maximum absolute atomic E-state index is 9.26. The van der Waals surface area contributed by atoms with Gasteiger partial charge >= 0.3 is 7.12 Å². The highest BCUT2D eigenvalue weighted by Gasteiger charge is 2.14. The van der Waals surface area contributed by atoms with Crippen molar-refractivity contribution in [2.75, 3.05) is 7.11 Å². The molecule has 2 aromatic carbocycles. The number of benzene rings is 2. The first-order valence-corrected chi connectivity index (χ1v) is 6.35. The average molecular weight is 272 g/mol. The molecule has 0 aliphatic rings. The predicted molar refractivity (Wildman–Crippen MR) is 77.8 cm³/mol. The van der Waals surface area contributed by atoms with E-state index >= 15 is 0 Å². The standard InChI is InChI=1S/C15H17BO4/c1-19-14-8-6-12(7-9-14)10-20-11-13-4-2-3-5-15(13)16(17)18/h2-9,17-18H,10-11H2,1H3. The number of methoxy groups -OCH3 is 1. The molecular formula is C15H17BO4. The molecule has 0 bridgehead atoms. The highest BCUT2D eigenvalue weighted by atomic mass is 16.5. The first-order chi connectivity index (χ1) is 9.70. The van der Waals surface area contributed by atoms with Gasteiger partial charge in [-0.05, 0) is 28.7 Å². The Morgan fingerprint density at radius 3 is 2.30 bits per heavy atom. The Morgan fingerprint density at radius 1 is 0.950 bits per heavy atom. The Morgan fingerprint density at radius 2 is 1.65 bits per heavy atom. The van der Waals surface area contributed by atoms with E-state index in [2.05, 4.69) is 0 Å². The van der Waals surface area contributed by atoms with E-state index in [1.807, 2.05) is 36.4 Å². The van der Waals surface area contributed by atoms with Crippen molar-refractivity contribution in [1.29, 1.82) is 0 Å². The quantitative estimate of drug-likeness (QED) is 0.773. The predicted octanol–water partition coefficient (Wildman–Crippen LogP) is 1.09. The van der Waals surface area contributed by atoms with Crippen LogP contribution in [0.15, 0.2) is 48.5 Å². The molecule has 5 heteroatoms. The lowest BCUT2D eigenvalue weighted by molar-refractivity contribution is 0.107.